The second kappa shape index (κ2) is 10.5. The molecule has 0 unspecified atom stereocenters. The van der Waals surface area contributed by atoms with E-state index in [2.05, 4.69) is 47.3 Å². The predicted molar refractivity (Wildman–Crippen MR) is 102 cm³/mol. The summed E-state index contributed by atoms with van der Waals surface area (Å²) in [7, 11) is -1.49. The summed E-state index contributed by atoms with van der Waals surface area (Å²) in [5.41, 5.74) is 0. The summed E-state index contributed by atoms with van der Waals surface area (Å²) in [6.07, 6.45) is 7.39. The van der Waals surface area contributed by atoms with Gasteiger partial charge in [0.15, 0.2) is 0 Å². The van der Waals surface area contributed by atoms with E-state index in [1.54, 1.807) is 0 Å². The van der Waals surface area contributed by atoms with Gasteiger partial charge in [0.1, 0.15) is 0 Å². The summed E-state index contributed by atoms with van der Waals surface area (Å²) in [4.78, 5) is 0. The molecule has 0 spiro atoms. The van der Waals surface area contributed by atoms with Crippen LogP contribution in [0.15, 0.2) is 9.04 Å². The summed E-state index contributed by atoms with van der Waals surface area (Å²) >= 11 is -2.77. The van der Waals surface area contributed by atoms with Gasteiger partial charge in [0.2, 0.25) is 0 Å². The summed E-state index contributed by atoms with van der Waals surface area (Å²) in [5, 5.41) is 1.20. The fourth-order valence-corrected chi connectivity index (χ4v) is 23.7. The average Bonchev–Trinajstić information content (AvgIpc) is 2.44. The van der Waals surface area contributed by atoms with Gasteiger partial charge in [0, 0.05) is 0 Å². The number of allylic oxidation sites excluding steroid dienone is 1. The van der Waals surface area contributed by atoms with Gasteiger partial charge >= 0.3 is 139 Å². The van der Waals surface area contributed by atoms with E-state index in [9.17, 15) is 0 Å². The fraction of sp³-hybridized carbons (Fsp3) is 0.889. The Morgan fingerprint density at radius 2 is 1.14 bits per heavy atom. The molecule has 0 amide bonds. The average molecular weight is 421 g/mol. The maximum absolute atomic E-state index is 15.6. The molecule has 0 fully saturated rings. The fourth-order valence-electron chi connectivity index (χ4n) is 2.98. The summed E-state index contributed by atoms with van der Waals surface area (Å²) < 4.78 is 19.8. The molecule has 3 heteroatoms. The zero-order chi connectivity index (χ0) is 16.5. The zero-order valence-corrected chi connectivity index (χ0v) is 19.6. The van der Waals surface area contributed by atoms with E-state index < -0.39 is 26.5 Å². The maximum atomic E-state index is 15.6. The minimum absolute atomic E-state index is 0.485. The molecule has 0 nitrogen and oxygen atoms in total. The topological polar surface area (TPSA) is 0 Å². The third-order valence-electron chi connectivity index (χ3n) is 4.95. The Kier molecular flexibility index (Phi) is 10.8. The van der Waals surface area contributed by atoms with Crippen LogP contribution in [-0.2, 0) is 0 Å². The second-order valence-electron chi connectivity index (χ2n) is 7.78. The molecule has 0 saturated heterocycles. The summed E-state index contributed by atoms with van der Waals surface area (Å²) in [5.74, 6) is 0. The van der Waals surface area contributed by atoms with Crippen molar-refractivity contribution in [1.82, 2.24) is 0 Å². The van der Waals surface area contributed by atoms with E-state index in [0.717, 1.165) is 0 Å². The molecule has 0 atom stereocenters. The summed E-state index contributed by atoms with van der Waals surface area (Å²) in [6, 6.07) is 0. The second-order valence-corrected chi connectivity index (χ2v) is 25.9. The van der Waals surface area contributed by atoms with Gasteiger partial charge in [-0.15, -0.1) is 0 Å². The third-order valence-corrected chi connectivity index (χ3v) is 23.1. The van der Waals surface area contributed by atoms with E-state index in [1.807, 2.05) is 0 Å². The van der Waals surface area contributed by atoms with Gasteiger partial charge < -0.3 is 0 Å². The van der Waals surface area contributed by atoms with Crippen LogP contribution in [0.2, 0.25) is 33.0 Å². The minimum atomic E-state index is -2.77. The van der Waals surface area contributed by atoms with Crippen molar-refractivity contribution in [3.8, 4) is 0 Å². The van der Waals surface area contributed by atoms with Crippen LogP contribution < -0.4 is 0 Å². The van der Waals surface area contributed by atoms with Crippen LogP contribution in [0.3, 0.4) is 0 Å². The molecule has 21 heavy (non-hydrogen) atoms. The molecule has 0 aliphatic rings. The standard InChI is InChI=1S/C6H12FSi.3C4H9.Sn/c1-6(5-7)8(2,3)4;3*1-3-4-2;/h1-4H3;3*1,3-4H2,2H3;. The van der Waals surface area contributed by atoms with E-state index in [0.29, 0.717) is 3.84 Å². The number of rotatable bonds is 11. The Labute approximate surface area is 138 Å². The molecule has 0 aromatic heterocycles. The SMILES string of the molecule is CCC[CH2][Sn]([CH2]CCC)([CH2]CCC)/[C](F)=C(\C)[Si](C)(C)C. The molecule has 0 heterocycles. The van der Waals surface area contributed by atoms with E-state index in [-0.39, 0.29) is 0 Å². The molecule has 0 bridgehead atoms. The van der Waals surface area contributed by atoms with Gasteiger partial charge in [-0.1, -0.05) is 0 Å². The van der Waals surface area contributed by atoms with Crippen LogP contribution in [0.1, 0.15) is 66.2 Å². The van der Waals surface area contributed by atoms with Crippen molar-refractivity contribution in [1.29, 1.82) is 0 Å². The molecule has 0 saturated carbocycles. The molecule has 126 valence electrons. The first-order chi connectivity index (χ1) is 9.75. The van der Waals surface area contributed by atoms with E-state index >= 15 is 4.39 Å². The number of unbranched alkanes of at least 4 members (excludes halogenated alkanes) is 3. The van der Waals surface area contributed by atoms with Crippen molar-refractivity contribution in [3.05, 3.63) is 9.04 Å². The Morgan fingerprint density at radius 3 is 1.38 bits per heavy atom. The van der Waals surface area contributed by atoms with Crippen molar-refractivity contribution in [2.24, 2.45) is 0 Å². The Morgan fingerprint density at radius 1 is 0.810 bits per heavy atom. The van der Waals surface area contributed by atoms with Gasteiger partial charge in [-0.25, -0.2) is 0 Å². The monoisotopic (exact) mass is 422 g/mol. The molecule has 0 radical (unpaired) electrons. The van der Waals surface area contributed by atoms with Gasteiger partial charge in [0.25, 0.3) is 0 Å². The van der Waals surface area contributed by atoms with Crippen LogP contribution in [-0.4, -0.2) is 26.5 Å². The first kappa shape index (κ1) is 21.7. The first-order valence-electron chi connectivity index (χ1n) is 9.12. The van der Waals surface area contributed by atoms with Crippen LogP contribution in [0.4, 0.5) is 4.39 Å². The number of hydrogen-bond donors (Lipinski definition) is 0. The van der Waals surface area contributed by atoms with Crippen molar-refractivity contribution < 1.29 is 4.39 Å². The van der Waals surface area contributed by atoms with Crippen molar-refractivity contribution in [3.63, 3.8) is 0 Å². The van der Waals surface area contributed by atoms with E-state index in [1.165, 1.54) is 57.0 Å². The zero-order valence-electron chi connectivity index (χ0n) is 15.7. The van der Waals surface area contributed by atoms with Crippen LogP contribution in [0.25, 0.3) is 0 Å². The van der Waals surface area contributed by atoms with Gasteiger partial charge in [-0.05, 0) is 0 Å². The van der Waals surface area contributed by atoms with Gasteiger partial charge in [0.05, 0.1) is 0 Å². The first-order valence-corrected chi connectivity index (χ1v) is 20.1. The normalized spacial score (nSPS) is 14.3. The van der Waals surface area contributed by atoms with Gasteiger partial charge in [-0.3, -0.25) is 0 Å². The number of hydrogen-bond acceptors (Lipinski definition) is 0. The summed E-state index contributed by atoms with van der Waals surface area (Å²) in [6.45, 7) is 15.8. The third kappa shape index (κ3) is 7.19. The predicted octanol–water partition coefficient (Wildman–Crippen LogP) is 7.50. The van der Waals surface area contributed by atoms with Crippen molar-refractivity contribution in [2.45, 2.75) is 99.2 Å². The van der Waals surface area contributed by atoms with Crippen molar-refractivity contribution in [2.75, 3.05) is 0 Å². The molecule has 0 rings (SSSR count). The molecule has 0 N–H and O–H groups in total. The van der Waals surface area contributed by atoms with Crippen LogP contribution >= 0.6 is 0 Å². The van der Waals surface area contributed by atoms with Crippen LogP contribution in [0.5, 0.6) is 0 Å². The van der Waals surface area contributed by atoms with Crippen LogP contribution in [0, 0.1) is 0 Å². The molecule has 0 aliphatic carbocycles. The molecule has 0 aromatic carbocycles. The van der Waals surface area contributed by atoms with Crippen molar-refractivity contribution >= 4 is 26.5 Å². The molecular formula is C18H39FSiSn. The Hall–Kier alpha value is 0.686. The Bertz CT molecular complexity index is 296. The molecule has 0 aliphatic heterocycles. The van der Waals surface area contributed by atoms with Gasteiger partial charge in [-0.2, -0.15) is 0 Å². The Balaban J connectivity index is 5.58. The molecular weight excluding hydrogens is 382 g/mol. The number of halogens is 1. The van der Waals surface area contributed by atoms with E-state index in [4.69, 9.17) is 0 Å². The quantitative estimate of drug-likeness (QED) is 0.303. The molecule has 0 aromatic rings.